The first-order valence-electron chi connectivity index (χ1n) is 7.35. The van der Waals surface area contributed by atoms with E-state index in [0.717, 1.165) is 39.0 Å². The minimum absolute atomic E-state index is 0.00175. The van der Waals surface area contributed by atoms with E-state index in [4.69, 9.17) is 9.84 Å². The average molecular weight is 286 g/mol. The van der Waals surface area contributed by atoms with Crippen molar-refractivity contribution in [1.82, 2.24) is 9.80 Å². The predicted molar refractivity (Wildman–Crippen MR) is 75.6 cm³/mol. The molecule has 0 aromatic heterocycles. The first-order valence-corrected chi connectivity index (χ1v) is 7.35. The quantitative estimate of drug-likeness (QED) is 0.750. The highest BCUT2D eigenvalue weighted by molar-refractivity contribution is 5.81. The van der Waals surface area contributed by atoms with Crippen LogP contribution in [-0.4, -0.2) is 71.7 Å². The lowest BCUT2D eigenvalue weighted by molar-refractivity contribution is -0.145. The van der Waals surface area contributed by atoms with Crippen LogP contribution in [-0.2, 0) is 14.3 Å². The van der Waals surface area contributed by atoms with Crippen molar-refractivity contribution in [3.63, 3.8) is 0 Å². The number of nitrogens with zero attached hydrogens (tertiary/aromatic N) is 2. The number of piperidine rings is 1. The first kappa shape index (κ1) is 16.9. The van der Waals surface area contributed by atoms with Crippen molar-refractivity contribution >= 4 is 11.9 Å². The Labute approximate surface area is 120 Å². The number of carboxylic acids is 1. The normalized spacial score (nSPS) is 18.8. The molecule has 1 rings (SSSR count). The molecule has 116 valence electrons. The fourth-order valence-electron chi connectivity index (χ4n) is 2.57. The minimum Gasteiger partial charge on any atom is -0.480 e. The van der Waals surface area contributed by atoms with Gasteiger partial charge in [-0.1, -0.05) is 0 Å². The van der Waals surface area contributed by atoms with Crippen LogP contribution in [0.15, 0.2) is 0 Å². The van der Waals surface area contributed by atoms with Crippen molar-refractivity contribution < 1.29 is 19.4 Å². The molecule has 0 spiro atoms. The maximum Gasteiger partial charge on any atom is 0.329 e. The monoisotopic (exact) mass is 286 g/mol. The highest BCUT2D eigenvalue weighted by atomic mass is 16.5. The van der Waals surface area contributed by atoms with Crippen molar-refractivity contribution in [2.75, 3.05) is 32.8 Å². The summed E-state index contributed by atoms with van der Waals surface area (Å²) in [6.07, 6.45) is 1.56. The second kappa shape index (κ2) is 8.21. The Morgan fingerprint density at radius 3 is 2.30 bits per heavy atom. The van der Waals surface area contributed by atoms with Gasteiger partial charge in [0, 0.05) is 26.2 Å². The Hall–Kier alpha value is -1.14. The van der Waals surface area contributed by atoms with E-state index >= 15 is 0 Å². The molecule has 1 aliphatic heterocycles. The molecule has 0 aromatic carbocycles. The number of rotatable bonds is 7. The maximum absolute atomic E-state index is 12.3. The van der Waals surface area contributed by atoms with Crippen molar-refractivity contribution in [2.45, 2.75) is 45.8 Å². The molecule has 1 saturated heterocycles. The fraction of sp³-hybridized carbons (Fsp3) is 0.857. The summed E-state index contributed by atoms with van der Waals surface area (Å²) in [5.41, 5.74) is 0. The number of hydrogen-bond donors (Lipinski definition) is 1. The number of carboxylic acid groups (broad SMARTS) is 1. The van der Waals surface area contributed by atoms with Crippen LogP contribution in [0.4, 0.5) is 0 Å². The second-order valence-corrected chi connectivity index (χ2v) is 5.13. The van der Waals surface area contributed by atoms with E-state index in [1.165, 1.54) is 0 Å². The lowest BCUT2D eigenvalue weighted by atomic mass is 10.1. The van der Waals surface area contributed by atoms with Crippen molar-refractivity contribution in [2.24, 2.45) is 0 Å². The Morgan fingerprint density at radius 2 is 1.85 bits per heavy atom. The van der Waals surface area contributed by atoms with E-state index in [1.54, 1.807) is 0 Å². The number of ether oxygens (including phenoxy) is 1. The van der Waals surface area contributed by atoms with Crippen molar-refractivity contribution in [1.29, 1.82) is 0 Å². The summed E-state index contributed by atoms with van der Waals surface area (Å²) in [7, 11) is 0. The van der Waals surface area contributed by atoms with Crippen LogP contribution >= 0.6 is 0 Å². The predicted octanol–water partition coefficient (Wildman–Crippen LogP) is 0.809. The van der Waals surface area contributed by atoms with E-state index < -0.39 is 5.97 Å². The van der Waals surface area contributed by atoms with Gasteiger partial charge in [0.25, 0.3) is 0 Å². The first-order chi connectivity index (χ1) is 9.49. The molecule has 1 aliphatic rings. The van der Waals surface area contributed by atoms with Crippen LogP contribution < -0.4 is 0 Å². The summed E-state index contributed by atoms with van der Waals surface area (Å²) in [5.74, 6) is -0.766. The number of hydrogen-bond acceptors (Lipinski definition) is 4. The molecule has 1 N–H and O–H groups in total. The molecular weight excluding hydrogens is 260 g/mol. The number of aliphatic carboxylic acids is 1. The maximum atomic E-state index is 12.3. The third kappa shape index (κ3) is 4.76. The Bertz CT molecular complexity index is 323. The smallest absolute Gasteiger partial charge is 0.329 e. The van der Waals surface area contributed by atoms with Gasteiger partial charge in [0.15, 0.2) is 0 Å². The molecule has 0 bridgehead atoms. The zero-order valence-corrected chi connectivity index (χ0v) is 12.7. The van der Waals surface area contributed by atoms with E-state index in [1.807, 2.05) is 25.7 Å². The molecule has 0 radical (unpaired) electrons. The third-order valence-corrected chi connectivity index (χ3v) is 3.90. The average Bonchev–Trinajstić information content (AvgIpc) is 2.46. The Morgan fingerprint density at radius 1 is 1.30 bits per heavy atom. The number of amides is 1. The SMILES string of the molecule is CCN(CC)C(=O)C(C)N1CCC(OCC(=O)O)CC1. The second-order valence-electron chi connectivity index (χ2n) is 5.13. The van der Waals surface area contributed by atoms with Crippen LogP contribution in [0.2, 0.25) is 0 Å². The molecule has 20 heavy (non-hydrogen) atoms. The largest absolute Gasteiger partial charge is 0.480 e. The summed E-state index contributed by atoms with van der Waals surface area (Å²) in [4.78, 5) is 26.7. The fourth-order valence-corrected chi connectivity index (χ4v) is 2.57. The van der Waals surface area contributed by atoms with Gasteiger partial charge < -0.3 is 14.7 Å². The van der Waals surface area contributed by atoms with Gasteiger partial charge in [0.05, 0.1) is 12.1 Å². The molecule has 1 atom stereocenters. The molecular formula is C14H26N2O4. The third-order valence-electron chi connectivity index (χ3n) is 3.90. The van der Waals surface area contributed by atoms with Gasteiger partial charge in [-0.2, -0.15) is 0 Å². The number of likely N-dealkylation sites (N-methyl/N-ethyl adjacent to an activating group) is 1. The van der Waals surface area contributed by atoms with Crippen LogP contribution in [0.5, 0.6) is 0 Å². The molecule has 0 aliphatic carbocycles. The zero-order valence-electron chi connectivity index (χ0n) is 12.7. The Balaban J connectivity index is 2.40. The summed E-state index contributed by atoms with van der Waals surface area (Å²) in [6.45, 7) is 8.70. The van der Waals surface area contributed by atoms with Gasteiger partial charge in [0.1, 0.15) is 6.61 Å². The van der Waals surface area contributed by atoms with Crippen LogP contribution in [0.1, 0.15) is 33.6 Å². The van der Waals surface area contributed by atoms with Crippen molar-refractivity contribution in [3.8, 4) is 0 Å². The Kier molecular flexibility index (Phi) is 6.95. The zero-order chi connectivity index (χ0) is 15.1. The van der Waals surface area contributed by atoms with Gasteiger partial charge in [-0.05, 0) is 33.6 Å². The number of likely N-dealkylation sites (tertiary alicyclic amines) is 1. The van der Waals surface area contributed by atoms with Gasteiger partial charge in [-0.25, -0.2) is 4.79 Å². The van der Waals surface area contributed by atoms with Crippen LogP contribution in [0.25, 0.3) is 0 Å². The summed E-state index contributed by atoms with van der Waals surface area (Å²) in [5, 5.41) is 8.59. The molecule has 0 saturated carbocycles. The molecule has 1 fully saturated rings. The van der Waals surface area contributed by atoms with E-state index in [9.17, 15) is 9.59 Å². The van der Waals surface area contributed by atoms with Gasteiger partial charge in [-0.3, -0.25) is 9.69 Å². The summed E-state index contributed by atoms with van der Waals surface area (Å²) >= 11 is 0. The lowest BCUT2D eigenvalue weighted by Gasteiger charge is -2.36. The van der Waals surface area contributed by atoms with E-state index in [-0.39, 0.29) is 24.7 Å². The number of carbonyl (C=O) groups is 2. The number of carbonyl (C=O) groups excluding carboxylic acids is 1. The van der Waals surface area contributed by atoms with Crippen LogP contribution in [0.3, 0.4) is 0 Å². The summed E-state index contributed by atoms with van der Waals surface area (Å²) < 4.78 is 5.30. The van der Waals surface area contributed by atoms with Gasteiger partial charge in [0.2, 0.25) is 5.91 Å². The standard InChI is InChI=1S/C14H26N2O4/c1-4-15(5-2)14(19)11(3)16-8-6-12(7-9-16)20-10-13(17)18/h11-12H,4-10H2,1-3H3,(H,17,18). The molecule has 1 unspecified atom stereocenters. The van der Waals surface area contributed by atoms with Crippen LogP contribution in [0, 0.1) is 0 Å². The molecule has 1 amide bonds. The molecule has 6 nitrogen and oxygen atoms in total. The highest BCUT2D eigenvalue weighted by Crippen LogP contribution is 2.17. The van der Waals surface area contributed by atoms with E-state index in [2.05, 4.69) is 4.90 Å². The molecule has 6 heteroatoms. The highest BCUT2D eigenvalue weighted by Gasteiger charge is 2.28. The van der Waals surface area contributed by atoms with Gasteiger partial charge in [-0.15, -0.1) is 0 Å². The molecule has 1 heterocycles. The summed E-state index contributed by atoms with van der Waals surface area (Å²) in [6, 6.07) is -0.115. The topological polar surface area (TPSA) is 70.1 Å². The van der Waals surface area contributed by atoms with Crippen molar-refractivity contribution in [3.05, 3.63) is 0 Å². The van der Waals surface area contributed by atoms with E-state index in [0.29, 0.717) is 0 Å². The minimum atomic E-state index is -0.933. The lowest BCUT2D eigenvalue weighted by Crippen LogP contribution is -2.50. The molecule has 0 aromatic rings. The van der Waals surface area contributed by atoms with Gasteiger partial charge >= 0.3 is 5.97 Å².